The van der Waals surface area contributed by atoms with Crippen LogP contribution in [0.1, 0.15) is 222 Å². The number of pyridine rings is 4. The molecule has 4 heterocycles. The molecule has 4 aromatic heterocycles. The molecule has 0 spiro atoms. The van der Waals surface area contributed by atoms with Gasteiger partial charge in [0.15, 0.2) is 23.1 Å². The van der Waals surface area contributed by atoms with Crippen LogP contribution in [-0.2, 0) is 99.6 Å². The summed E-state index contributed by atoms with van der Waals surface area (Å²) in [5.41, 5.74) is 16.0. The van der Waals surface area contributed by atoms with Crippen molar-refractivity contribution in [3.63, 3.8) is 0 Å². The minimum Gasteiger partial charge on any atom is -0.516 e. The molecule has 752 valence electrons. The van der Waals surface area contributed by atoms with Crippen LogP contribution in [0.3, 0.4) is 0 Å². The molecule has 0 atom stereocenters. The van der Waals surface area contributed by atoms with Crippen molar-refractivity contribution in [2.45, 2.75) is 235 Å². The molecule has 0 aliphatic heterocycles. The van der Waals surface area contributed by atoms with Gasteiger partial charge in [0.25, 0.3) is 0 Å². The zero-order valence-corrected chi connectivity index (χ0v) is 96.6. The van der Waals surface area contributed by atoms with Gasteiger partial charge in [-0.15, -0.1) is 135 Å². The number of hydrogen-bond donors (Lipinski definition) is 4. The number of nitrogens with zero attached hydrogens (tertiary/aromatic N) is 4. The minimum absolute atomic E-state index is 0. The summed E-state index contributed by atoms with van der Waals surface area (Å²) in [4.78, 5) is 64.4. The molecule has 0 saturated carbocycles. The number of carbonyl (C=O) groups excluding carboxylic acids is 4. The largest absolute Gasteiger partial charge is 0.516 e. The summed E-state index contributed by atoms with van der Waals surface area (Å²) in [5, 5.41) is 41.6. The molecule has 4 N–H and O–H groups in total. The Morgan fingerprint density at radius 1 is 0.297 bits per heavy atom. The van der Waals surface area contributed by atoms with Gasteiger partial charge in [0.2, 0.25) is 0 Å². The van der Waals surface area contributed by atoms with Crippen molar-refractivity contribution < 1.29 is 147 Å². The Kier molecular flexibility index (Phi) is 48.1. The van der Waals surface area contributed by atoms with Gasteiger partial charge in [0.1, 0.15) is 52.1 Å². The van der Waals surface area contributed by atoms with Gasteiger partial charge in [-0.3, -0.25) is 39.1 Å². The fourth-order valence-corrected chi connectivity index (χ4v) is 11.8. The summed E-state index contributed by atoms with van der Waals surface area (Å²) < 4.78 is 65.2. The molecule has 0 bridgehead atoms. The number of ether oxygens (including phenoxy) is 2. The molecule has 0 unspecified atom stereocenters. The number of allylic oxidation sites excluding steroid dienone is 8. The van der Waals surface area contributed by atoms with E-state index in [4.69, 9.17) is 14.5 Å². The normalized spacial score (nSPS) is 11.9. The molecule has 0 aliphatic carbocycles. The van der Waals surface area contributed by atoms with Crippen LogP contribution in [-0.4, -0.2) is 77.7 Å². The standard InChI is InChI=1S/C19H17FNO.C19H17FN.C17H13FNO.C17H13FN.4C11H20O2.4Ir/c1-11-5-12(2)7-15(6-11)19-18(22-4)10-14-9-16(20)13(3)8-17(14)21-19;1-11-5-12(2)7-16(6-11)19-14(4)8-15-10-17(20)13(3)9-18(15)21-19;1-11-8-17-13(10-15(11)18)6-7-16(19-17)12-4-3-5-14(9-12)20-2;1-11-4-3-5-13(8-11)16-7-6-14-9-12(2)15(18)10-17(14)19-16;4*1-10(2,3)8(12)7-9(13)11(4,5)6;;;;/h5-6,8-10H,1-4H3;5-6,8-10H,1-4H3;3,5-10H,1-2H3;3-4,6-10H,1-2H3;4*7,12H,1-6H3;;;;/q4*-1;;;;;;;;. The Morgan fingerprint density at radius 3 is 0.928 bits per heavy atom. The van der Waals surface area contributed by atoms with Gasteiger partial charge >= 0.3 is 0 Å². The monoisotopic (exact) mass is 2600 g/mol. The number of fused-ring (bicyclic) bond motifs is 4. The number of aryl methyl sites for hydroxylation is 10. The van der Waals surface area contributed by atoms with Crippen LogP contribution < -0.4 is 9.47 Å². The van der Waals surface area contributed by atoms with Crippen molar-refractivity contribution in [2.24, 2.45) is 43.3 Å². The third-order valence-corrected chi connectivity index (χ3v) is 20.9. The van der Waals surface area contributed by atoms with E-state index in [-0.39, 0.29) is 172 Å². The van der Waals surface area contributed by atoms with E-state index in [9.17, 15) is 57.2 Å². The van der Waals surface area contributed by atoms with Crippen LogP contribution in [0.15, 0.2) is 193 Å². The van der Waals surface area contributed by atoms with E-state index in [0.29, 0.717) is 33.5 Å². The first-order valence-electron chi connectivity index (χ1n) is 44.7. The third-order valence-electron chi connectivity index (χ3n) is 20.9. The number of ketones is 4. The average Bonchev–Trinajstić information content (AvgIpc) is 0.787. The van der Waals surface area contributed by atoms with Gasteiger partial charge in [-0.2, -0.15) is 0 Å². The summed E-state index contributed by atoms with van der Waals surface area (Å²) in [7, 11) is 3.22. The predicted molar refractivity (Wildman–Crippen MR) is 543 cm³/mol. The van der Waals surface area contributed by atoms with E-state index in [1.165, 1.54) is 48.1 Å². The second-order valence-corrected chi connectivity index (χ2v) is 42.3. The van der Waals surface area contributed by atoms with Crippen LogP contribution in [0, 0.1) is 160 Å². The Labute approximate surface area is 872 Å². The second kappa shape index (κ2) is 52.6. The van der Waals surface area contributed by atoms with Gasteiger partial charge in [0.05, 0.1) is 36.3 Å². The van der Waals surface area contributed by atoms with E-state index in [1.807, 2.05) is 280 Å². The maximum Gasteiger partial charge on any atom is 0.164 e. The molecule has 12 rings (SSSR count). The van der Waals surface area contributed by atoms with Crippen molar-refractivity contribution in [3.8, 4) is 56.5 Å². The molecular formula is C116H140F4Ir4N4O10-4. The average molecular weight is 2600 g/mol. The Bertz CT molecular complexity index is 6130. The van der Waals surface area contributed by atoms with E-state index >= 15 is 0 Å². The fraction of sp³-hybridized carbons (Fsp3) is 0.379. The predicted octanol–water partition coefficient (Wildman–Crippen LogP) is 30.8. The number of aromatic nitrogens is 4. The summed E-state index contributed by atoms with van der Waals surface area (Å²) in [5.74, 6) is 0.953. The number of benzene rings is 8. The first kappa shape index (κ1) is 126. The van der Waals surface area contributed by atoms with Crippen molar-refractivity contribution in [1.82, 2.24) is 19.9 Å². The quantitative estimate of drug-likeness (QED) is 0.0433. The summed E-state index contributed by atoms with van der Waals surface area (Å²) in [6, 6.07) is 57.3. The Hall–Kier alpha value is -9.84. The third kappa shape index (κ3) is 39.3. The van der Waals surface area contributed by atoms with E-state index < -0.39 is 21.7 Å². The van der Waals surface area contributed by atoms with Crippen molar-refractivity contribution in [1.29, 1.82) is 0 Å². The van der Waals surface area contributed by atoms with Crippen LogP contribution in [0.2, 0.25) is 0 Å². The molecule has 8 aromatic carbocycles. The number of aliphatic hydroxyl groups is 4. The van der Waals surface area contributed by atoms with Gasteiger partial charge in [-0.25, -0.2) is 17.6 Å². The number of methoxy groups -OCH3 is 2. The van der Waals surface area contributed by atoms with Gasteiger partial charge < -0.3 is 29.9 Å². The minimum atomic E-state index is -0.417. The Balaban J connectivity index is 0.000000794. The number of hydrogen-bond acceptors (Lipinski definition) is 14. The van der Waals surface area contributed by atoms with Crippen molar-refractivity contribution in [2.75, 3.05) is 14.2 Å². The molecule has 12 aromatic rings. The molecule has 0 fully saturated rings. The molecule has 4 radical (unpaired) electrons. The van der Waals surface area contributed by atoms with Crippen molar-refractivity contribution in [3.05, 3.63) is 296 Å². The number of halogens is 4. The zero-order valence-electron chi connectivity index (χ0n) is 87.0. The summed E-state index contributed by atoms with van der Waals surface area (Å²) in [6.07, 6.45) is 5.33. The first-order chi connectivity index (χ1) is 61.4. The van der Waals surface area contributed by atoms with Crippen LogP contribution in [0.25, 0.3) is 88.6 Å². The van der Waals surface area contributed by atoms with Gasteiger partial charge in [-0.1, -0.05) is 237 Å². The van der Waals surface area contributed by atoms with Crippen LogP contribution in [0.5, 0.6) is 11.5 Å². The molecule has 0 aliphatic rings. The van der Waals surface area contributed by atoms with E-state index in [1.54, 1.807) is 72.2 Å². The number of rotatable bonds is 10. The van der Waals surface area contributed by atoms with E-state index in [2.05, 4.69) is 64.3 Å². The number of aliphatic hydroxyl groups excluding tert-OH is 4. The fourth-order valence-electron chi connectivity index (χ4n) is 11.8. The topological polar surface area (TPSA) is 219 Å². The van der Waals surface area contributed by atoms with Crippen LogP contribution >= 0.6 is 0 Å². The maximum absolute atomic E-state index is 13.7. The summed E-state index contributed by atoms with van der Waals surface area (Å²) >= 11 is 0. The van der Waals surface area contributed by atoms with E-state index in [0.717, 1.165) is 117 Å². The Morgan fingerprint density at radius 2 is 0.587 bits per heavy atom. The van der Waals surface area contributed by atoms with Gasteiger partial charge in [-0.05, 0) is 134 Å². The second-order valence-electron chi connectivity index (χ2n) is 42.3. The summed E-state index contributed by atoms with van der Waals surface area (Å²) in [6.45, 7) is 63.6. The molecule has 0 saturated heterocycles. The zero-order chi connectivity index (χ0) is 102. The molecule has 138 heavy (non-hydrogen) atoms. The van der Waals surface area contributed by atoms with Crippen LogP contribution in [0.4, 0.5) is 17.6 Å². The molecule has 0 amide bonds. The maximum atomic E-state index is 13.7. The van der Waals surface area contributed by atoms with Crippen molar-refractivity contribution >= 4 is 66.7 Å². The van der Waals surface area contributed by atoms with Gasteiger partial charge in [0, 0.05) is 176 Å². The molecule has 14 nitrogen and oxygen atoms in total. The number of carbonyl (C=O) groups is 4. The first-order valence-corrected chi connectivity index (χ1v) is 44.7. The molecular weight excluding hydrogens is 2450 g/mol. The SMILES string of the molecule is CC(C)(C)C(=O)C=C(O)C(C)(C)C.CC(C)(C)C(=O)C=C(O)C(C)(C)C.CC(C)(C)C(=O)C=C(O)C(C)(C)C.CC(C)(C)C(=O)C=C(O)C(C)(C)C.COc1cc2cc(F)c(C)cc2nc1-c1[c-]c(C)cc(C)c1.COc1cc[c-]c(-c2ccc3cc(F)c(C)cc3n2)c1.Cc1[c-]c(-c2nc3cc(C)c(F)cc3cc2C)cc(C)c1.Cc1cc[c-]c(-c2ccc3cc(C)c(F)cc3n2)c1.[Ir].[Ir].[Ir].[Ir]. The smallest absolute Gasteiger partial charge is 0.164 e. The molecule has 22 heteroatoms.